The second-order valence-corrected chi connectivity index (χ2v) is 10.3. The highest BCUT2D eigenvalue weighted by Gasteiger charge is 2.52. The number of thiophene rings is 1. The van der Waals surface area contributed by atoms with Gasteiger partial charge in [0.1, 0.15) is 23.2 Å². The number of ether oxygens (including phenoxy) is 1. The maximum atomic E-state index is 12.8. The first-order valence-corrected chi connectivity index (χ1v) is 12.3. The van der Waals surface area contributed by atoms with Crippen LogP contribution in [0.2, 0.25) is 0 Å². The van der Waals surface area contributed by atoms with Gasteiger partial charge in [-0.2, -0.15) is 5.26 Å². The summed E-state index contributed by atoms with van der Waals surface area (Å²) in [7, 11) is 0. The monoisotopic (exact) mass is 472 g/mol. The van der Waals surface area contributed by atoms with Gasteiger partial charge in [-0.1, -0.05) is 13.3 Å². The molecular formula is C23H28N4O5S. The molecule has 33 heavy (non-hydrogen) atoms. The lowest BCUT2D eigenvalue weighted by Gasteiger charge is -2.33. The Bertz CT molecular complexity index is 1020. The van der Waals surface area contributed by atoms with Crippen molar-refractivity contribution < 1.29 is 23.9 Å². The summed E-state index contributed by atoms with van der Waals surface area (Å²) in [6.45, 7) is 1.02. The quantitative estimate of drug-likeness (QED) is 0.385. The van der Waals surface area contributed by atoms with Crippen LogP contribution < -0.4 is 10.6 Å². The van der Waals surface area contributed by atoms with Gasteiger partial charge in [0.05, 0.1) is 5.56 Å². The van der Waals surface area contributed by atoms with Crippen LogP contribution in [0.25, 0.3) is 0 Å². The fourth-order valence-corrected chi connectivity index (χ4v) is 6.10. The molecule has 1 spiro atoms. The van der Waals surface area contributed by atoms with Crippen molar-refractivity contribution in [3.63, 3.8) is 0 Å². The zero-order valence-electron chi connectivity index (χ0n) is 18.7. The number of amides is 4. The first kappa shape index (κ1) is 23.2. The predicted molar refractivity (Wildman–Crippen MR) is 120 cm³/mol. The van der Waals surface area contributed by atoms with Gasteiger partial charge < -0.3 is 15.4 Å². The number of carbonyl (C=O) groups excluding carboxylic acids is 4. The molecule has 2 N–H and O–H groups in total. The Hall–Kier alpha value is -2.93. The number of urea groups is 1. The van der Waals surface area contributed by atoms with Crippen LogP contribution in [-0.4, -0.2) is 47.4 Å². The molecule has 1 aromatic heterocycles. The first-order chi connectivity index (χ1) is 15.8. The average molecular weight is 473 g/mol. The summed E-state index contributed by atoms with van der Waals surface area (Å²) < 4.78 is 5.02. The lowest BCUT2D eigenvalue weighted by atomic mass is 9.77. The Morgan fingerprint density at radius 1 is 1.24 bits per heavy atom. The number of anilines is 1. The van der Waals surface area contributed by atoms with Crippen LogP contribution in [0.15, 0.2) is 0 Å². The molecule has 0 radical (unpaired) electrons. The van der Waals surface area contributed by atoms with Crippen LogP contribution in [0.1, 0.15) is 67.9 Å². The lowest BCUT2D eigenvalue weighted by molar-refractivity contribution is -0.150. The fraction of sp³-hybridized carbons (Fsp3) is 0.609. The second kappa shape index (κ2) is 9.51. The van der Waals surface area contributed by atoms with Crippen LogP contribution in [0.5, 0.6) is 0 Å². The Kier molecular flexibility index (Phi) is 6.70. The highest BCUT2D eigenvalue weighted by molar-refractivity contribution is 7.16. The minimum atomic E-state index is -0.924. The van der Waals surface area contributed by atoms with Crippen molar-refractivity contribution in [2.75, 3.05) is 18.5 Å². The molecule has 1 aromatic rings. The SMILES string of the molecule is CC1CCC2(CC1)NC(=O)N(CC(=O)OCC(=O)Nc1sc3c(c1C#N)CCCCC3)C2=O. The van der Waals surface area contributed by atoms with Gasteiger partial charge in [0.2, 0.25) is 0 Å². The minimum Gasteiger partial charge on any atom is -0.454 e. The van der Waals surface area contributed by atoms with E-state index < -0.39 is 42.5 Å². The standard InChI is InChI=1S/C23H28N4O5S/c1-14-7-9-23(10-8-14)21(30)27(22(31)26-23)12-19(29)32-13-18(28)25-20-16(11-24)15-5-3-2-4-6-17(15)33-20/h14H,2-10,12-13H2,1H3,(H,25,28)(H,26,31). The van der Waals surface area contributed by atoms with Crippen molar-refractivity contribution >= 4 is 40.2 Å². The molecule has 2 fully saturated rings. The number of aryl methyl sites for hydroxylation is 1. The molecule has 10 heteroatoms. The number of imide groups is 1. The van der Waals surface area contributed by atoms with Gasteiger partial charge in [-0.15, -0.1) is 11.3 Å². The van der Waals surface area contributed by atoms with Gasteiger partial charge in [0.25, 0.3) is 11.8 Å². The third-order valence-corrected chi connectivity index (χ3v) is 8.02. The van der Waals surface area contributed by atoms with Crippen LogP contribution in [0.4, 0.5) is 9.80 Å². The van der Waals surface area contributed by atoms with Crippen molar-refractivity contribution in [3.8, 4) is 6.07 Å². The maximum Gasteiger partial charge on any atom is 0.326 e. The molecule has 0 unspecified atom stereocenters. The molecule has 9 nitrogen and oxygen atoms in total. The van der Waals surface area contributed by atoms with E-state index in [1.54, 1.807) is 0 Å². The summed E-state index contributed by atoms with van der Waals surface area (Å²) in [4.78, 5) is 51.8. The summed E-state index contributed by atoms with van der Waals surface area (Å²) >= 11 is 1.40. The summed E-state index contributed by atoms with van der Waals surface area (Å²) in [6.07, 6.45) is 7.71. The number of rotatable bonds is 5. The summed E-state index contributed by atoms with van der Waals surface area (Å²) in [5.41, 5.74) is 0.575. The van der Waals surface area contributed by atoms with Crippen molar-refractivity contribution in [2.24, 2.45) is 5.92 Å². The van der Waals surface area contributed by atoms with Gasteiger partial charge in [0, 0.05) is 4.88 Å². The van der Waals surface area contributed by atoms with E-state index in [0.29, 0.717) is 29.3 Å². The third-order valence-electron chi connectivity index (χ3n) is 6.81. The topological polar surface area (TPSA) is 129 Å². The molecule has 2 heterocycles. The van der Waals surface area contributed by atoms with E-state index in [4.69, 9.17) is 4.74 Å². The predicted octanol–water partition coefficient (Wildman–Crippen LogP) is 2.87. The molecule has 2 aliphatic carbocycles. The van der Waals surface area contributed by atoms with E-state index in [0.717, 1.165) is 60.3 Å². The fourth-order valence-electron chi connectivity index (χ4n) is 4.85. The highest BCUT2D eigenvalue weighted by Crippen LogP contribution is 2.37. The van der Waals surface area contributed by atoms with E-state index in [-0.39, 0.29) is 0 Å². The van der Waals surface area contributed by atoms with Crippen molar-refractivity contribution in [1.82, 2.24) is 10.2 Å². The zero-order chi connectivity index (χ0) is 23.6. The number of hydrogen-bond acceptors (Lipinski definition) is 7. The van der Waals surface area contributed by atoms with Gasteiger partial charge in [-0.3, -0.25) is 19.3 Å². The number of nitrogens with one attached hydrogen (secondary N) is 2. The van der Waals surface area contributed by atoms with Gasteiger partial charge >= 0.3 is 12.0 Å². The number of nitrogens with zero attached hydrogens (tertiary/aromatic N) is 2. The number of carbonyl (C=O) groups is 4. The second-order valence-electron chi connectivity index (χ2n) is 9.18. The smallest absolute Gasteiger partial charge is 0.326 e. The molecule has 176 valence electrons. The molecule has 1 aliphatic heterocycles. The number of esters is 1. The Balaban J connectivity index is 1.31. The minimum absolute atomic E-state index is 0.403. The summed E-state index contributed by atoms with van der Waals surface area (Å²) in [5, 5.41) is 15.5. The van der Waals surface area contributed by atoms with Crippen molar-refractivity contribution in [2.45, 2.75) is 70.3 Å². The van der Waals surface area contributed by atoms with Crippen molar-refractivity contribution in [1.29, 1.82) is 5.26 Å². The van der Waals surface area contributed by atoms with Crippen LogP contribution in [0, 0.1) is 17.2 Å². The molecule has 4 amide bonds. The Morgan fingerprint density at radius 3 is 2.70 bits per heavy atom. The molecule has 1 saturated heterocycles. The average Bonchev–Trinajstić information content (AvgIpc) is 3.10. The van der Waals surface area contributed by atoms with E-state index in [1.807, 2.05) is 0 Å². The van der Waals surface area contributed by atoms with Gasteiger partial charge in [-0.25, -0.2) is 4.79 Å². The molecule has 0 atom stereocenters. The zero-order valence-corrected chi connectivity index (χ0v) is 19.5. The first-order valence-electron chi connectivity index (χ1n) is 11.5. The Labute approximate surface area is 196 Å². The van der Waals surface area contributed by atoms with Gasteiger partial charge in [0.15, 0.2) is 6.61 Å². The summed E-state index contributed by atoms with van der Waals surface area (Å²) in [6, 6.07) is 1.59. The van der Waals surface area contributed by atoms with Crippen molar-refractivity contribution in [3.05, 3.63) is 16.0 Å². The maximum absolute atomic E-state index is 12.8. The van der Waals surface area contributed by atoms with Gasteiger partial charge in [-0.05, 0) is 62.8 Å². The van der Waals surface area contributed by atoms with E-state index in [1.165, 1.54) is 11.3 Å². The van der Waals surface area contributed by atoms with Crippen LogP contribution >= 0.6 is 11.3 Å². The summed E-state index contributed by atoms with van der Waals surface area (Å²) in [5.74, 6) is -1.30. The van der Waals surface area contributed by atoms with E-state index in [2.05, 4.69) is 23.6 Å². The normalized spacial score (nSPS) is 24.6. The Morgan fingerprint density at radius 2 is 1.97 bits per heavy atom. The molecule has 0 bridgehead atoms. The highest BCUT2D eigenvalue weighted by atomic mass is 32.1. The third kappa shape index (κ3) is 4.74. The largest absolute Gasteiger partial charge is 0.454 e. The van der Waals surface area contributed by atoms with E-state index >= 15 is 0 Å². The lowest BCUT2D eigenvalue weighted by Crippen LogP contribution is -2.49. The molecular weight excluding hydrogens is 444 g/mol. The number of nitriles is 1. The molecule has 0 aromatic carbocycles. The molecule has 4 rings (SSSR count). The molecule has 1 saturated carbocycles. The van der Waals surface area contributed by atoms with E-state index in [9.17, 15) is 24.4 Å². The molecule has 3 aliphatic rings. The van der Waals surface area contributed by atoms with Crippen LogP contribution in [0.3, 0.4) is 0 Å². The van der Waals surface area contributed by atoms with Crippen LogP contribution in [-0.2, 0) is 32.0 Å². The number of fused-ring (bicyclic) bond motifs is 1. The number of hydrogen-bond donors (Lipinski definition) is 2.